The predicted molar refractivity (Wildman–Crippen MR) is 67.5 cm³/mol. The second-order valence-electron chi connectivity index (χ2n) is 4.43. The van der Waals surface area contributed by atoms with Crippen LogP contribution in [-0.4, -0.2) is 34.1 Å². The van der Waals surface area contributed by atoms with E-state index in [0.29, 0.717) is 5.92 Å². The molecule has 2 N–H and O–H groups in total. The average Bonchev–Trinajstić information content (AvgIpc) is 2.65. The van der Waals surface area contributed by atoms with Crippen LogP contribution in [0.3, 0.4) is 0 Å². The molecular formula is C11H21ClN4. The number of aromatic nitrogens is 2. The van der Waals surface area contributed by atoms with Crippen LogP contribution in [0.2, 0.25) is 0 Å². The van der Waals surface area contributed by atoms with Gasteiger partial charge in [0, 0.05) is 26.0 Å². The molecule has 16 heavy (non-hydrogen) atoms. The minimum absolute atomic E-state index is 0. The van der Waals surface area contributed by atoms with Crippen molar-refractivity contribution in [1.82, 2.24) is 14.5 Å². The molecule has 2 heterocycles. The minimum Gasteiger partial charge on any atom is -0.337 e. The standard InChI is InChI=1S/C11H20N4.ClH/c1-14-6-4-13-11(14)9-15-5-2-3-10(7-12)8-15;/h4,6,10H,2-3,5,7-9,12H2,1H3;1H. The molecule has 0 amide bonds. The number of hydrogen-bond acceptors (Lipinski definition) is 3. The highest BCUT2D eigenvalue weighted by Gasteiger charge is 2.19. The number of hydrogen-bond donors (Lipinski definition) is 1. The third kappa shape index (κ3) is 3.20. The Morgan fingerprint density at radius 3 is 3.00 bits per heavy atom. The lowest BCUT2D eigenvalue weighted by atomic mass is 9.98. The molecule has 4 nitrogen and oxygen atoms in total. The van der Waals surface area contributed by atoms with Crippen molar-refractivity contribution >= 4 is 12.4 Å². The van der Waals surface area contributed by atoms with Crippen molar-refractivity contribution in [3.63, 3.8) is 0 Å². The SMILES string of the molecule is Cl.Cn1ccnc1CN1CCCC(CN)C1. The lowest BCUT2D eigenvalue weighted by Gasteiger charge is -2.31. The van der Waals surface area contributed by atoms with Crippen LogP contribution in [0.25, 0.3) is 0 Å². The summed E-state index contributed by atoms with van der Waals surface area (Å²) < 4.78 is 2.09. The summed E-state index contributed by atoms with van der Waals surface area (Å²) in [6, 6.07) is 0. The number of imidazole rings is 1. The van der Waals surface area contributed by atoms with Crippen LogP contribution in [0.5, 0.6) is 0 Å². The Bertz CT molecular complexity index is 313. The zero-order valence-electron chi connectivity index (χ0n) is 9.80. The number of halogens is 1. The Morgan fingerprint density at radius 1 is 1.56 bits per heavy atom. The van der Waals surface area contributed by atoms with Crippen molar-refractivity contribution < 1.29 is 0 Å². The highest BCUT2D eigenvalue weighted by Crippen LogP contribution is 2.16. The van der Waals surface area contributed by atoms with Crippen molar-refractivity contribution in [1.29, 1.82) is 0 Å². The largest absolute Gasteiger partial charge is 0.337 e. The van der Waals surface area contributed by atoms with Gasteiger partial charge in [0.2, 0.25) is 0 Å². The first-order chi connectivity index (χ1) is 7.29. The van der Waals surface area contributed by atoms with E-state index in [2.05, 4.69) is 14.5 Å². The van der Waals surface area contributed by atoms with Gasteiger partial charge in [0.05, 0.1) is 6.54 Å². The Hall–Kier alpha value is -0.580. The summed E-state index contributed by atoms with van der Waals surface area (Å²) >= 11 is 0. The number of rotatable bonds is 3. The fourth-order valence-electron chi connectivity index (χ4n) is 2.24. The van der Waals surface area contributed by atoms with Gasteiger partial charge in [0.25, 0.3) is 0 Å². The van der Waals surface area contributed by atoms with Gasteiger partial charge in [-0.05, 0) is 31.8 Å². The number of nitrogens with two attached hydrogens (primary N) is 1. The van der Waals surface area contributed by atoms with Crippen LogP contribution >= 0.6 is 12.4 Å². The first-order valence-corrected chi connectivity index (χ1v) is 5.68. The Balaban J connectivity index is 0.00000128. The molecule has 0 aromatic carbocycles. The van der Waals surface area contributed by atoms with Gasteiger partial charge >= 0.3 is 0 Å². The Kier molecular flexibility index (Phi) is 5.25. The van der Waals surface area contributed by atoms with Crippen LogP contribution in [0.1, 0.15) is 18.7 Å². The molecule has 1 aliphatic heterocycles. The van der Waals surface area contributed by atoms with E-state index in [1.807, 2.05) is 19.4 Å². The van der Waals surface area contributed by atoms with Crippen LogP contribution < -0.4 is 5.73 Å². The fourth-order valence-corrected chi connectivity index (χ4v) is 2.24. The summed E-state index contributed by atoms with van der Waals surface area (Å²) in [6.45, 7) is 4.09. The van der Waals surface area contributed by atoms with Gasteiger partial charge in [0.1, 0.15) is 5.82 Å². The molecule has 1 atom stereocenters. The second kappa shape index (κ2) is 6.23. The van der Waals surface area contributed by atoms with E-state index < -0.39 is 0 Å². The summed E-state index contributed by atoms with van der Waals surface area (Å²) in [5.74, 6) is 1.83. The second-order valence-corrected chi connectivity index (χ2v) is 4.43. The maximum absolute atomic E-state index is 5.72. The molecular weight excluding hydrogens is 224 g/mol. The molecule has 0 aliphatic carbocycles. The topological polar surface area (TPSA) is 47.1 Å². The van der Waals surface area contributed by atoms with Crippen LogP contribution in [-0.2, 0) is 13.6 Å². The number of aryl methyl sites for hydroxylation is 1. The van der Waals surface area contributed by atoms with E-state index in [1.54, 1.807) is 0 Å². The molecule has 0 saturated carbocycles. The van der Waals surface area contributed by atoms with E-state index in [1.165, 1.54) is 19.4 Å². The van der Waals surface area contributed by atoms with Crippen molar-refractivity contribution in [2.45, 2.75) is 19.4 Å². The number of nitrogens with zero attached hydrogens (tertiary/aromatic N) is 3. The van der Waals surface area contributed by atoms with E-state index in [9.17, 15) is 0 Å². The molecule has 1 aromatic rings. The van der Waals surface area contributed by atoms with Crippen LogP contribution in [0, 0.1) is 5.92 Å². The minimum atomic E-state index is 0. The van der Waals surface area contributed by atoms with Gasteiger partial charge in [-0.1, -0.05) is 0 Å². The van der Waals surface area contributed by atoms with E-state index >= 15 is 0 Å². The summed E-state index contributed by atoms with van der Waals surface area (Å²) in [6.07, 6.45) is 6.42. The normalized spacial score (nSPS) is 21.8. The molecule has 1 fully saturated rings. The molecule has 1 aliphatic rings. The van der Waals surface area contributed by atoms with Crippen molar-refractivity contribution in [3.8, 4) is 0 Å². The van der Waals surface area contributed by atoms with Gasteiger partial charge in [-0.2, -0.15) is 0 Å². The van der Waals surface area contributed by atoms with Gasteiger partial charge in [0.15, 0.2) is 0 Å². The van der Waals surface area contributed by atoms with Gasteiger partial charge in [-0.15, -0.1) is 12.4 Å². The maximum Gasteiger partial charge on any atom is 0.122 e. The van der Waals surface area contributed by atoms with Crippen molar-refractivity contribution in [2.24, 2.45) is 18.7 Å². The van der Waals surface area contributed by atoms with E-state index in [0.717, 1.165) is 25.5 Å². The smallest absolute Gasteiger partial charge is 0.122 e. The van der Waals surface area contributed by atoms with Gasteiger partial charge in [-0.3, -0.25) is 4.90 Å². The molecule has 1 aromatic heterocycles. The molecule has 92 valence electrons. The molecule has 5 heteroatoms. The average molecular weight is 245 g/mol. The lowest BCUT2D eigenvalue weighted by molar-refractivity contribution is 0.166. The molecule has 2 rings (SSSR count). The van der Waals surface area contributed by atoms with E-state index in [4.69, 9.17) is 5.73 Å². The van der Waals surface area contributed by atoms with Crippen molar-refractivity contribution in [3.05, 3.63) is 18.2 Å². The molecule has 1 unspecified atom stereocenters. The zero-order chi connectivity index (χ0) is 10.7. The quantitative estimate of drug-likeness (QED) is 0.864. The third-order valence-electron chi connectivity index (χ3n) is 3.22. The molecule has 0 radical (unpaired) electrons. The summed E-state index contributed by atoms with van der Waals surface area (Å²) in [5, 5.41) is 0. The highest BCUT2D eigenvalue weighted by atomic mass is 35.5. The molecule has 0 bridgehead atoms. The third-order valence-corrected chi connectivity index (χ3v) is 3.22. The monoisotopic (exact) mass is 244 g/mol. The number of likely N-dealkylation sites (tertiary alicyclic amines) is 1. The summed E-state index contributed by atoms with van der Waals surface area (Å²) in [7, 11) is 2.05. The lowest BCUT2D eigenvalue weighted by Crippen LogP contribution is -2.38. The summed E-state index contributed by atoms with van der Waals surface area (Å²) in [4.78, 5) is 6.81. The Labute approximate surface area is 103 Å². The number of piperidine rings is 1. The summed E-state index contributed by atoms with van der Waals surface area (Å²) in [5.41, 5.74) is 5.72. The first-order valence-electron chi connectivity index (χ1n) is 5.68. The first kappa shape index (κ1) is 13.5. The fraction of sp³-hybridized carbons (Fsp3) is 0.727. The Morgan fingerprint density at radius 2 is 2.38 bits per heavy atom. The van der Waals surface area contributed by atoms with Crippen LogP contribution in [0.4, 0.5) is 0 Å². The van der Waals surface area contributed by atoms with E-state index in [-0.39, 0.29) is 12.4 Å². The molecule has 1 saturated heterocycles. The van der Waals surface area contributed by atoms with Crippen LogP contribution in [0.15, 0.2) is 12.4 Å². The van der Waals surface area contributed by atoms with Gasteiger partial charge in [-0.25, -0.2) is 4.98 Å². The van der Waals surface area contributed by atoms with Crippen molar-refractivity contribution in [2.75, 3.05) is 19.6 Å². The molecule has 0 spiro atoms. The van der Waals surface area contributed by atoms with Gasteiger partial charge < -0.3 is 10.3 Å². The zero-order valence-corrected chi connectivity index (χ0v) is 10.6. The predicted octanol–water partition coefficient (Wildman–Crippen LogP) is 1.01. The highest BCUT2D eigenvalue weighted by molar-refractivity contribution is 5.85. The maximum atomic E-state index is 5.72.